The van der Waals surface area contributed by atoms with Gasteiger partial charge < -0.3 is 10.1 Å². The molecule has 1 aromatic carbocycles. The predicted octanol–water partition coefficient (Wildman–Crippen LogP) is 2.27. The third-order valence-corrected chi connectivity index (χ3v) is 2.93. The highest BCUT2D eigenvalue weighted by Gasteiger charge is 2.12. The zero-order chi connectivity index (χ0) is 11.4. The van der Waals surface area contributed by atoms with E-state index in [-0.39, 0.29) is 5.91 Å². The Labute approximate surface area is 97.9 Å². The SMILES string of the molecule is CNC(=O)C(C)Oc1ccc(C)c(Br)c1. The van der Waals surface area contributed by atoms with Gasteiger partial charge in [-0.2, -0.15) is 0 Å². The molecule has 0 fully saturated rings. The molecule has 1 atom stereocenters. The lowest BCUT2D eigenvalue weighted by Gasteiger charge is -2.13. The first kappa shape index (κ1) is 12.0. The normalized spacial score (nSPS) is 12.0. The molecule has 1 aromatic rings. The van der Waals surface area contributed by atoms with Crippen LogP contribution in [0.2, 0.25) is 0 Å². The summed E-state index contributed by atoms with van der Waals surface area (Å²) in [4.78, 5) is 11.2. The Morgan fingerprint density at radius 3 is 2.73 bits per heavy atom. The molecule has 4 heteroatoms. The topological polar surface area (TPSA) is 38.3 Å². The van der Waals surface area contributed by atoms with Crippen molar-refractivity contribution >= 4 is 21.8 Å². The van der Waals surface area contributed by atoms with Crippen LogP contribution in [0, 0.1) is 6.92 Å². The van der Waals surface area contributed by atoms with E-state index in [0.717, 1.165) is 10.0 Å². The van der Waals surface area contributed by atoms with E-state index in [4.69, 9.17) is 4.74 Å². The van der Waals surface area contributed by atoms with Crippen LogP contribution in [-0.4, -0.2) is 19.1 Å². The Kier molecular flexibility index (Phi) is 4.15. The highest BCUT2D eigenvalue weighted by molar-refractivity contribution is 9.10. The number of hydrogen-bond donors (Lipinski definition) is 1. The molecule has 0 saturated heterocycles. The van der Waals surface area contributed by atoms with E-state index in [2.05, 4.69) is 21.2 Å². The van der Waals surface area contributed by atoms with Gasteiger partial charge in [0.1, 0.15) is 5.75 Å². The van der Waals surface area contributed by atoms with E-state index >= 15 is 0 Å². The Morgan fingerprint density at radius 1 is 1.53 bits per heavy atom. The van der Waals surface area contributed by atoms with Gasteiger partial charge in [0.15, 0.2) is 6.10 Å². The van der Waals surface area contributed by atoms with Crippen molar-refractivity contribution in [3.63, 3.8) is 0 Å². The summed E-state index contributed by atoms with van der Waals surface area (Å²) in [6.45, 7) is 3.71. The average Bonchev–Trinajstić information content (AvgIpc) is 2.22. The molecule has 1 N–H and O–H groups in total. The van der Waals surface area contributed by atoms with Crippen LogP contribution >= 0.6 is 15.9 Å². The van der Waals surface area contributed by atoms with Crippen LogP contribution in [-0.2, 0) is 4.79 Å². The van der Waals surface area contributed by atoms with Gasteiger partial charge in [0.05, 0.1) is 0 Å². The molecule has 3 nitrogen and oxygen atoms in total. The Hall–Kier alpha value is -1.03. The van der Waals surface area contributed by atoms with Crippen molar-refractivity contribution in [2.75, 3.05) is 7.05 Å². The van der Waals surface area contributed by atoms with Crippen molar-refractivity contribution in [2.24, 2.45) is 0 Å². The number of halogens is 1. The summed E-state index contributed by atoms with van der Waals surface area (Å²) in [6, 6.07) is 5.64. The first-order chi connectivity index (χ1) is 7.04. The minimum Gasteiger partial charge on any atom is -0.481 e. The lowest BCUT2D eigenvalue weighted by atomic mass is 10.2. The minimum atomic E-state index is -0.482. The maximum Gasteiger partial charge on any atom is 0.260 e. The number of ether oxygens (including phenoxy) is 1. The molecule has 1 amide bonds. The number of aryl methyl sites for hydroxylation is 1. The number of carbonyl (C=O) groups excluding carboxylic acids is 1. The summed E-state index contributed by atoms with van der Waals surface area (Å²) in [5, 5.41) is 2.54. The zero-order valence-corrected chi connectivity index (χ0v) is 10.6. The number of carbonyl (C=O) groups is 1. The van der Waals surface area contributed by atoms with Crippen molar-refractivity contribution in [1.29, 1.82) is 0 Å². The number of rotatable bonds is 3. The molecule has 0 heterocycles. The molecule has 0 aliphatic heterocycles. The minimum absolute atomic E-state index is 0.133. The van der Waals surface area contributed by atoms with Crippen LogP contribution in [0.3, 0.4) is 0 Å². The number of likely N-dealkylation sites (N-methyl/N-ethyl adjacent to an activating group) is 1. The van der Waals surface area contributed by atoms with Crippen molar-refractivity contribution in [3.8, 4) is 5.75 Å². The second kappa shape index (κ2) is 5.16. The fraction of sp³-hybridized carbons (Fsp3) is 0.364. The molecule has 0 aliphatic rings. The van der Waals surface area contributed by atoms with Crippen LogP contribution in [0.1, 0.15) is 12.5 Å². The average molecular weight is 272 g/mol. The Bertz CT molecular complexity index is 366. The highest BCUT2D eigenvalue weighted by atomic mass is 79.9. The number of hydrogen-bond acceptors (Lipinski definition) is 2. The highest BCUT2D eigenvalue weighted by Crippen LogP contribution is 2.22. The van der Waals surface area contributed by atoms with Crippen molar-refractivity contribution in [1.82, 2.24) is 5.32 Å². The van der Waals surface area contributed by atoms with E-state index in [9.17, 15) is 4.79 Å². The van der Waals surface area contributed by atoms with Gasteiger partial charge in [-0.05, 0) is 31.5 Å². The molecule has 0 saturated carbocycles. The fourth-order valence-electron chi connectivity index (χ4n) is 1.11. The molecular weight excluding hydrogens is 258 g/mol. The molecule has 82 valence electrons. The van der Waals surface area contributed by atoms with Crippen LogP contribution in [0.4, 0.5) is 0 Å². The van der Waals surface area contributed by atoms with Crippen LogP contribution in [0.15, 0.2) is 22.7 Å². The van der Waals surface area contributed by atoms with Gasteiger partial charge in [-0.1, -0.05) is 22.0 Å². The van der Waals surface area contributed by atoms with Gasteiger partial charge in [-0.25, -0.2) is 0 Å². The Morgan fingerprint density at radius 2 is 2.20 bits per heavy atom. The standard InChI is InChI=1S/C11H14BrNO2/c1-7-4-5-9(6-10(7)12)15-8(2)11(14)13-3/h4-6,8H,1-3H3,(H,13,14). The Balaban J connectivity index is 2.73. The van der Waals surface area contributed by atoms with Crippen LogP contribution in [0.25, 0.3) is 0 Å². The van der Waals surface area contributed by atoms with E-state index < -0.39 is 6.10 Å². The summed E-state index contributed by atoms with van der Waals surface area (Å²) in [5.74, 6) is 0.551. The van der Waals surface area contributed by atoms with Crippen molar-refractivity contribution in [3.05, 3.63) is 28.2 Å². The van der Waals surface area contributed by atoms with E-state index in [1.165, 1.54) is 0 Å². The summed E-state index contributed by atoms with van der Waals surface area (Å²) in [5.41, 5.74) is 1.13. The lowest BCUT2D eigenvalue weighted by molar-refractivity contribution is -0.126. The van der Waals surface area contributed by atoms with Gasteiger partial charge in [-0.15, -0.1) is 0 Å². The zero-order valence-electron chi connectivity index (χ0n) is 9.00. The molecule has 1 unspecified atom stereocenters. The first-order valence-corrected chi connectivity index (χ1v) is 5.48. The largest absolute Gasteiger partial charge is 0.481 e. The molecule has 0 aliphatic carbocycles. The third-order valence-electron chi connectivity index (χ3n) is 2.07. The number of benzene rings is 1. The second-order valence-corrected chi connectivity index (χ2v) is 4.14. The van der Waals surface area contributed by atoms with Crippen LogP contribution in [0.5, 0.6) is 5.75 Å². The first-order valence-electron chi connectivity index (χ1n) is 4.69. The quantitative estimate of drug-likeness (QED) is 0.916. The van der Waals surface area contributed by atoms with Crippen molar-refractivity contribution < 1.29 is 9.53 Å². The van der Waals surface area contributed by atoms with Crippen LogP contribution < -0.4 is 10.1 Å². The summed E-state index contributed by atoms with van der Waals surface area (Å²) in [6.07, 6.45) is -0.482. The fourth-order valence-corrected chi connectivity index (χ4v) is 1.47. The van der Waals surface area contributed by atoms with Gasteiger partial charge in [-0.3, -0.25) is 4.79 Å². The smallest absolute Gasteiger partial charge is 0.260 e. The van der Waals surface area contributed by atoms with Gasteiger partial charge in [0.25, 0.3) is 5.91 Å². The van der Waals surface area contributed by atoms with Crippen molar-refractivity contribution in [2.45, 2.75) is 20.0 Å². The molecule has 0 aromatic heterocycles. The van der Waals surface area contributed by atoms with Gasteiger partial charge >= 0.3 is 0 Å². The second-order valence-electron chi connectivity index (χ2n) is 3.29. The maximum atomic E-state index is 11.2. The number of nitrogens with one attached hydrogen (secondary N) is 1. The third kappa shape index (κ3) is 3.23. The lowest BCUT2D eigenvalue weighted by Crippen LogP contribution is -2.33. The maximum absolute atomic E-state index is 11.2. The molecule has 1 rings (SSSR count). The van der Waals surface area contributed by atoms with Gasteiger partial charge in [0, 0.05) is 11.5 Å². The molecule has 0 bridgehead atoms. The van der Waals surface area contributed by atoms with E-state index in [0.29, 0.717) is 5.75 Å². The summed E-state index contributed by atoms with van der Waals surface area (Å²) in [7, 11) is 1.59. The molecule has 15 heavy (non-hydrogen) atoms. The monoisotopic (exact) mass is 271 g/mol. The summed E-state index contributed by atoms with van der Waals surface area (Å²) < 4.78 is 6.44. The predicted molar refractivity (Wildman–Crippen MR) is 63.0 cm³/mol. The van der Waals surface area contributed by atoms with Gasteiger partial charge in [0.2, 0.25) is 0 Å². The van der Waals surface area contributed by atoms with E-state index in [1.54, 1.807) is 14.0 Å². The molecule has 0 radical (unpaired) electrons. The number of amides is 1. The van der Waals surface area contributed by atoms with E-state index in [1.807, 2.05) is 25.1 Å². The molecule has 0 spiro atoms. The molecular formula is C11H14BrNO2. The summed E-state index contributed by atoms with van der Waals surface area (Å²) >= 11 is 3.41.